The Morgan fingerprint density at radius 3 is 2.88 bits per heavy atom. The molecule has 1 aromatic carbocycles. The van der Waals surface area contributed by atoms with Gasteiger partial charge < -0.3 is 5.32 Å². The molecule has 4 rings (SSSR count). The number of carbonyl (C=O) groups excluding carboxylic acids is 1. The van der Waals surface area contributed by atoms with Crippen molar-refractivity contribution in [3.63, 3.8) is 0 Å². The average molecular weight is 363 g/mol. The van der Waals surface area contributed by atoms with Crippen LogP contribution in [0, 0.1) is 0 Å². The van der Waals surface area contributed by atoms with Crippen LogP contribution in [-0.4, -0.2) is 21.6 Å². The molecule has 26 heavy (non-hydrogen) atoms. The molecule has 132 valence electrons. The maximum absolute atomic E-state index is 12.3. The molecule has 0 atom stereocenters. The monoisotopic (exact) mass is 363 g/mol. The van der Waals surface area contributed by atoms with Crippen LogP contribution in [-0.2, 0) is 24.2 Å². The topological polar surface area (TPSA) is 54.9 Å². The number of rotatable bonds is 5. The lowest BCUT2D eigenvalue weighted by Gasteiger charge is -2.20. The van der Waals surface area contributed by atoms with Crippen molar-refractivity contribution in [2.75, 3.05) is 5.75 Å². The Labute approximate surface area is 157 Å². The SMILES string of the molecule is O=C(CSc1c2c(nc3ccccc13)CCCC2)NCc1cccnc1. The summed E-state index contributed by atoms with van der Waals surface area (Å²) < 4.78 is 0. The van der Waals surface area contributed by atoms with Gasteiger partial charge in [-0.25, -0.2) is 0 Å². The second kappa shape index (κ2) is 7.87. The van der Waals surface area contributed by atoms with Gasteiger partial charge in [-0.2, -0.15) is 0 Å². The third kappa shape index (κ3) is 3.73. The molecule has 2 heterocycles. The maximum atomic E-state index is 12.3. The molecular formula is C21H21N3OS. The van der Waals surface area contributed by atoms with Crippen LogP contribution in [0.1, 0.15) is 29.7 Å². The first-order valence-corrected chi connectivity index (χ1v) is 9.99. The molecule has 2 aromatic heterocycles. The second-order valence-electron chi connectivity index (χ2n) is 6.52. The zero-order chi connectivity index (χ0) is 17.8. The lowest BCUT2D eigenvalue weighted by atomic mass is 9.94. The highest BCUT2D eigenvalue weighted by atomic mass is 32.2. The van der Waals surface area contributed by atoms with Crippen LogP contribution in [0.3, 0.4) is 0 Å². The molecule has 0 fully saturated rings. The van der Waals surface area contributed by atoms with E-state index in [1.54, 1.807) is 24.2 Å². The van der Waals surface area contributed by atoms with E-state index in [4.69, 9.17) is 4.98 Å². The number of fused-ring (bicyclic) bond motifs is 2. The molecule has 1 aliphatic carbocycles. The lowest BCUT2D eigenvalue weighted by Crippen LogP contribution is -2.24. The van der Waals surface area contributed by atoms with Gasteiger partial charge in [0.1, 0.15) is 0 Å². The summed E-state index contributed by atoms with van der Waals surface area (Å²) in [6.45, 7) is 0.516. The normalized spacial score (nSPS) is 13.4. The summed E-state index contributed by atoms with van der Waals surface area (Å²) in [5, 5.41) is 4.15. The third-order valence-electron chi connectivity index (χ3n) is 4.68. The van der Waals surface area contributed by atoms with Gasteiger partial charge in [0.2, 0.25) is 5.91 Å². The molecule has 1 N–H and O–H groups in total. The van der Waals surface area contributed by atoms with Crippen molar-refractivity contribution >= 4 is 28.6 Å². The van der Waals surface area contributed by atoms with Crippen LogP contribution in [0.2, 0.25) is 0 Å². The molecule has 0 unspecified atom stereocenters. The smallest absolute Gasteiger partial charge is 0.230 e. The summed E-state index contributed by atoms with van der Waals surface area (Å²) in [7, 11) is 0. The van der Waals surface area contributed by atoms with Crippen molar-refractivity contribution in [1.82, 2.24) is 15.3 Å². The minimum Gasteiger partial charge on any atom is -0.351 e. The fourth-order valence-corrected chi connectivity index (χ4v) is 4.49. The van der Waals surface area contributed by atoms with Gasteiger partial charge >= 0.3 is 0 Å². The lowest BCUT2D eigenvalue weighted by molar-refractivity contribution is -0.118. The van der Waals surface area contributed by atoms with Gasteiger partial charge in [0.05, 0.1) is 11.3 Å². The van der Waals surface area contributed by atoms with Crippen molar-refractivity contribution in [2.45, 2.75) is 37.1 Å². The number of thioether (sulfide) groups is 1. The summed E-state index contributed by atoms with van der Waals surface area (Å²) in [6, 6.07) is 12.1. The molecule has 0 aliphatic heterocycles. The van der Waals surface area contributed by atoms with Crippen LogP contribution >= 0.6 is 11.8 Å². The van der Waals surface area contributed by atoms with Crippen molar-refractivity contribution in [1.29, 1.82) is 0 Å². The largest absolute Gasteiger partial charge is 0.351 e. The number of hydrogen-bond donors (Lipinski definition) is 1. The molecule has 0 spiro atoms. The van der Waals surface area contributed by atoms with Crippen molar-refractivity contribution in [2.24, 2.45) is 0 Å². The van der Waals surface area contributed by atoms with E-state index < -0.39 is 0 Å². The van der Waals surface area contributed by atoms with E-state index in [-0.39, 0.29) is 5.91 Å². The molecule has 0 saturated carbocycles. The number of carbonyl (C=O) groups is 1. The summed E-state index contributed by atoms with van der Waals surface area (Å²) in [5.41, 5.74) is 4.61. The van der Waals surface area contributed by atoms with E-state index in [1.807, 2.05) is 24.3 Å². The summed E-state index contributed by atoms with van der Waals surface area (Å²) >= 11 is 1.64. The van der Waals surface area contributed by atoms with Crippen LogP contribution in [0.15, 0.2) is 53.7 Å². The minimum absolute atomic E-state index is 0.0457. The highest BCUT2D eigenvalue weighted by molar-refractivity contribution is 8.00. The van der Waals surface area contributed by atoms with Crippen molar-refractivity contribution < 1.29 is 4.79 Å². The minimum atomic E-state index is 0.0457. The Morgan fingerprint density at radius 1 is 1.12 bits per heavy atom. The van der Waals surface area contributed by atoms with Gasteiger partial charge in [0.25, 0.3) is 0 Å². The van der Waals surface area contributed by atoms with Crippen LogP contribution < -0.4 is 5.32 Å². The zero-order valence-electron chi connectivity index (χ0n) is 14.6. The van der Waals surface area contributed by atoms with Crippen molar-refractivity contribution in [3.05, 3.63) is 65.6 Å². The summed E-state index contributed by atoms with van der Waals surface area (Å²) in [6.07, 6.45) is 8.02. The number of nitrogens with one attached hydrogen (secondary N) is 1. The quantitative estimate of drug-likeness (QED) is 0.698. The Hall–Kier alpha value is -2.40. The zero-order valence-corrected chi connectivity index (χ0v) is 15.4. The van der Waals surface area contributed by atoms with E-state index in [1.165, 1.54) is 34.4 Å². The van der Waals surface area contributed by atoms with Gasteiger partial charge in [-0.15, -0.1) is 11.8 Å². The van der Waals surface area contributed by atoms with E-state index in [9.17, 15) is 4.79 Å². The Balaban J connectivity index is 1.50. The standard InChI is InChI=1S/C21H21N3OS/c25-20(23-13-15-6-5-11-22-12-15)14-26-21-16-7-1-3-9-18(16)24-19-10-4-2-8-17(19)21/h1,3,5-7,9,11-12H,2,4,8,10,13-14H2,(H,23,25). The first-order chi connectivity index (χ1) is 12.8. The first-order valence-electron chi connectivity index (χ1n) is 9.00. The number of para-hydroxylation sites is 1. The van der Waals surface area contributed by atoms with E-state index in [0.717, 1.165) is 23.9 Å². The number of aryl methyl sites for hydroxylation is 1. The van der Waals surface area contributed by atoms with Crippen LogP contribution in [0.4, 0.5) is 0 Å². The first kappa shape index (κ1) is 17.0. The van der Waals surface area contributed by atoms with Gasteiger partial charge in [-0.1, -0.05) is 24.3 Å². The Morgan fingerprint density at radius 2 is 2.00 bits per heavy atom. The molecule has 1 amide bonds. The van der Waals surface area contributed by atoms with Gasteiger partial charge in [0.15, 0.2) is 0 Å². The van der Waals surface area contributed by atoms with Gasteiger partial charge in [0, 0.05) is 34.9 Å². The molecule has 1 aliphatic rings. The highest BCUT2D eigenvalue weighted by Gasteiger charge is 2.19. The molecule has 0 radical (unpaired) electrons. The molecule has 4 nitrogen and oxygen atoms in total. The Bertz CT molecular complexity index is 927. The number of pyridine rings is 2. The molecule has 5 heteroatoms. The van der Waals surface area contributed by atoms with Gasteiger partial charge in [-0.05, 0) is 48.9 Å². The van der Waals surface area contributed by atoms with Crippen molar-refractivity contribution in [3.8, 4) is 0 Å². The molecule has 0 bridgehead atoms. The van der Waals surface area contributed by atoms with E-state index >= 15 is 0 Å². The number of amides is 1. The molecular weight excluding hydrogens is 342 g/mol. The maximum Gasteiger partial charge on any atom is 0.230 e. The predicted octanol–water partition coefficient (Wildman–Crippen LogP) is 3.92. The summed E-state index contributed by atoms with van der Waals surface area (Å²) in [4.78, 5) is 22.5. The molecule has 3 aromatic rings. The fraction of sp³-hybridized carbons (Fsp3) is 0.286. The number of benzene rings is 1. The number of nitrogens with zero attached hydrogens (tertiary/aromatic N) is 2. The third-order valence-corrected chi connectivity index (χ3v) is 5.84. The molecule has 0 saturated heterocycles. The van der Waals surface area contributed by atoms with Gasteiger partial charge in [-0.3, -0.25) is 14.8 Å². The van der Waals surface area contributed by atoms with Crippen LogP contribution in [0.5, 0.6) is 0 Å². The highest BCUT2D eigenvalue weighted by Crippen LogP contribution is 2.35. The Kier molecular flexibility index (Phi) is 5.16. The second-order valence-corrected chi connectivity index (χ2v) is 7.50. The predicted molar refractivity (Wildman–Crippen MR) is 105 cm³/mol. The summed E-state index contributed by atoms with van der Waals surface area (Å²) in [5.74, 6) is 0.463. The number of hydrogen-bond acceptors (Lipinski definition) is 4. The number of aromatic nitrogens is 2. The van der Waals surface area contributed by atoms with E-state index in [0.29, 0.717) is 12.3 Å². The average Bonchev–Trinajstić information content (AvgIpc) is 2.70. The van der Waals surface area contributed by atoms with Crippen LogP contribution in [0.25, 0.3) is 10.9 Å². The van der Waals surface area contributed by atoms with E-state index in [2.05, 4.69) is 22.4 Å². The fourth-order valence-electron chi connectivity index (χ4n) is 3.39.